The van der Waals surface area contributed by atoms with Gasteiger partial charge < -0.3 is 19.0 Å². The first kappa shape index (κ1) is 24.0. The lowest BCUT2D eigenvalue weighted by Gasteiger charge is -2.40. The summed E-state index contributed by atoms with van der Waals surface area (Å²) in [6, 6.07) is 10.1. The monoisotopic (exact) mass is 466 g/mol. The fourth-order valence-electron chi connectivity index (χ4n) is 5.17. The number of carbonyl (C=O) groups is 3. The number of nitrogens with zero attached hydrogens (tertiary/aromatic N) is 2. The van der Waals surface area contributed by atoms with Gasteiger partial charge in [-0.25, -0.2) is 0 Å². The molecule has 3 atom stereocenters. The summed E-state index contributed by atoms with van der Waals surface area (Å²) in [6.45, 7) is 6.21. The Balaban J connectivity index is 1.53. The largest absolute Gasteiger partial charge is 0.472 e. The molecule has 0 bridgehead atoms. The summed E-state index contributed by atoms with van der Waals surface area (Å²) in [5.41, 5.74) is 2.90. The highest BCUT2D eigenvalue weighted by Gasteiger charge is 2.39. The number of rotatable bonds is 6. The summed E-state index contributed by atoms with van der Waals surface area (Å²) in [4.78, 5) is 42.7. The Morgan fingerprint density at radius 3 is 2.44 bits per heavy atom. The van der Waals surface area contributed by atoms with Crippen molar-refractivity contribution >= 4 is 17.8 Å². The van der Waals surface area contributed by atoms with Crippen LogP contribution in [-0.2, 0) is 20.7 Å². The highest BCUT2D eigenvalue weighted by atomic mass is 16.5. The second-order valence-electron chi connectivity index (χ2n) is 9.32. The zero-order valence-corrected chi connectivity index (χ0v) is 20.1. The lowest BCUT2D eigenvalue weighted by Crippen LogP contribution is -2.51. The number of carbonyl (C=O) groups excluding carboxylic acids is 3. The highest BCUT2D eigenvalue weighted by Crippen LogP contribution is 2.33. The van der Waals surface area contributed by atoms with Crippen molar-refractivity contribution in [3.63, 3.8) is 0 Å². The molecule has 1 aromatic heterocycles. The van der Waals surface area contributed by atoms with Gasteiger partial charge in [0.25, 0.3) is 5.91 Å². The topological polar surface area (TPSA) is 80.1 Å². The summed E-state index contributed by atoms with van der Waals surface area (Å²) in [5, 5.41) is 0. The quantitative estimate of drug-likeness (QED) is 0.604. The number of piperidine rings is 2. The standard InChI is InChI=1S/C27H34N2O5/c1-3-19-7-9-20(10-8-19)23-14-24(17-29(16-23)25(30)22-11-13-33-18-22)26(31)28-12-5-6-21(15-28)27(32)34-4-2/h7-11,13,18,21,23-24H,3-6,12,14-17H2,1-2H3/t21-,23-,24-/m1/s1. The first-order chi connectivity index (χ1) is 16.5. The van der Waals surface area contributed by atoms with Crippen molar-refractivity contribution in [2.75, 3.05) is 32.8 Å². The van der Waals surface area contributed by atoms with Gasteiger partial charge in [0.05, 0.1) is 30.3 Å². The van der Waals surface area contributed by atoms with Crippen molar-refractivity contribution in [2.24, 2.45) is 11.8 Å². The summed E-state index contributed by atoms with van der Waals surface area (Å²) in [7, 11) is 0. The molecule has 4 rings (SSSR count). The van der Waals surface area contributed by atoms with Crippen LogP contribution in [0.1, 0.15) is 60.5 Å². The minimum atomic E-state index is -0.318. The van der Waals surface area contributed by atoms with Gasteiger partial charge in [-0.1, -0.05) is 31.2 Å². The zero-order valence-electron chi connectivity index (χ0n) is 20.1. The van der Waals surface area contributed by atoms with Gasteiger partial charge in [0.1, 0.15) is 6.26 Å². The Morgan fingerprint density at radius 2 is 1.76 bits per heavy atom. The molecule has 2 aromatic rings. The average molecular weight is 467 g/mol. The molecule has 0 radical (unpaired) electrons. The van der Waals surface area contributed by atoms with Crippen LogP contribution in [0.2, 0.25) is 0 Å². The molecule has 0 saturated carbocycles. The molecule has 0 N–H and O–H groups in total. The molecule has 2 saturated heterocycles. The van der Waals surface area contributed by atoms with Gasteiger partial charge >= 0.3 is 5.97 Å². The van der Waals surface area contributed by atoms with E-state index in [2.05, 4.69) is 31.2 Å². The van der Waals surface area contributed by atoms with E-state index in [0.717, 1.165) is 24.8 Å². The number of benzene rings is 1. The molecule has 0 aliphatic carbocycles. The number of hydrogen-bond acceptors (Lipinski definition) is 5. The molecular weight excluding hydrogens is 432 g/mol. The number of esters is 1. The van der Waals surface area contributed by atoms with Gasteiger partial charge in [0.15, 0.2) is 0 Å². The van der Waals surface area contributed by atoms with Gasteiger partial charge in [-0.15, -0.1) is 0 Å². The van der Waals surface area contributed by atoms with E-state index in [1.807, 2.05) is 0 Å². The average Bonchev–Trinajstić information content (AvgIpc) is 3.43. The number of hydrogen-bond donors (Lipinski definition) is 0. The molecular formula is C27H34N2O5. The van der Waals surface area contributed by atoms with Crippen molar-refractivity contribution < 1.29 is 23.5 Å². The summed E-state index contributed by atoms with van der Waals surface area (Å²) >= 11 is 0. The maximum Gasteiger partial charge on any atom is 0.310 e. The van der Waals surface area contributed by atoms with Crippen molar-refractivity contribution in [1.29, 1.82) is 0 Å². The van der Waals surface area contributed by atoms with Crippen LogP contribution in [0, 0.1) is 11.8 Å². The Bertz CT molecular complexity index is 985. The molecule has 2 fully saturated rings. The van der Waals surface area contributed by atoms with E-state index in [4.69, 9.17) is 9.15 Å². The SMILES string of the molecule is CCOC(=O)[C@@H]1CCCN(C(=O)[C@@H]2C[C@@H](c3ccc(CC)cc3)CN(C(=O)c3ccoc3)C2)C1. The zero-order chi connectivity index (χ0) is 24.1. The van der Waals surface area contributed by atoms with Gasteiger partial charge in [-0.3, -0.25) is 14.4 Å². The van der Waals surface area contributed by atoms with Crippen LogP contribution in [0.3, 0.4) is 0 Å². The van der Waals surface area contributed by atoms with Crippen LogP contribution < -0.4 is 0 Å². The fraction of sp³-hybridized carbons (Fsp3) is 0.519. The summed E-state index contributed by atoms with van der Waals surface area (Å²) in [6.07, 6.45) is 6.11. The van der Waals surface area contributed by atoms with Crippen molar-refractivity contribution in [1.82, 2.24) is 9.80 Å². The predicted molar refractivity (Wildman–Crippen MR) is 127 cm³/mol. The molecule has 2 amide bonds. The lowest BCUT2D eigenvalue weighted by molar-refractivity contribution is -0.152. The smallest absolute Gasteiger partial charge is 0.310 e. The van der Waals surface area contributed by atoms with E-state index >= 15 is 0 Å². The Morgan fingerprint density at radius 1 is 1.00 bits per heavy atom. The van der Waals surface area contributed by atoms with Crippen LogP contribution in [0.15, 0.2) is 47.3 Å². The molecule has 182 valence electrons. The van der Waals surface area contributed by atoms with E-state index in [1.165, 1.54) is 18.1 Å². The van der Waals surface area contributed by atoms with Crippen molar-refractivity contribution in [2.45, 2.75) is 45.4 Å². The van der Waals surface area contributed by atoms with Crippen molar-refractivity contribution in [3.05, 3.63) is 59.5 Å². The normalized spacial score (nSPS) is 22.9. The van der Waals surface area contributed by atoms with Gasteiger partial charge in [0, 0.05) is 32.1 Å². The third-order valence-corrected chi connectivity index (χ3v) is 7.07. The Labute approximate surface area is 201 Å². The van der Waals surface area contributed by atoms with Crippen LogP contribution in [0.25, 0.3) is 0 Å². The first-order valence-corrected chi connectivity index (χ1v) is 12.4. The van der Waals surface area contributed by atoms with Crippen LogP contribution in [-0.4, -0.2) is 60.4 Å². The lowest BCUT2D eigenvalue weighted by atomic mass is 9.82. The number of furan rings is 1. The van der Waals surface area contributed by atoms with E-state index in [-0.39, 0.29) is 35.5 Å². The third-order valence-electron chi connectivity index (χ3n) is 7.07. The second-order valence-corrected chi connectivity index (χ2v) is 9.32. The van der Waals surface area contributed by atoms with Crippen molar-refractivity contribution in [3.8, 4) is 0 Å². The molecule has 7 nitrogen and oxygen atoms in total. The summed E-state index contributed by atoms with van der Waals surface area (Å²) in [5.74, 6) is -0.855. The molecule has 0 unspecified atom stereocenters. The second kappa shape index (κ2) is 10.9. The predicted octanol–water partition coefficient (Wildman–Crippen LogP) is 3.89. The van der Waals surface area contributed by atoms with Gasteiger partial charge in [0.2, 0.25) is 5.91 Å². The van der Waals surface area contributed by atoms with E-state index in [1.54, 1.807) is 22.8 Å². The molecule has 34 heavy (non-hydrogen) atoms. The number of amides is 2. The van der Waals surface area contributed by atoms with Crippen LogP contribution >= 0.6 is 0 Å². The molecule has 1 aromatic carbocycles. The number of aryl methyl sites for hydroxylation is 1. The third kappa shape index (κ3) is 5.34. The highest BCUT2D eigenvalue weighted by molar-refractivity contribution is 5.94. The van der Waals surface area contributed by atoms with Gasteiger partial charge in [-0.2, -0.15) is 0 Å². The van der Waals surface area contributed by atoms with E-state index in [9.17, 15) is 14.4 Å². The minimum absolute atomic E-state index is 0.0221. The minimum Gasteiger partial charge on any atom is -0.472 e. The molecule has 0 spiro atoms. The fourth-order valence-corrected chi connectivity index (χ4v) is 5.17. The molecule has 2 aliphatic rings. The van der Waals surface area contributed by atoms with Crippen LogP contribution in [0.5, 0.6) is 0 Å². The van der Waals surface area contributed by atoms with Crippen LogP contribution in [0.4, 0.5) is 0 Å². The molecule has 2 aliphatic heterocycles. The number of ether oxygens (including phenoxy) is 1. The van der Waals surface area contributed by atoms with E-state index < -0.39 is 0 Å². The number of likely N-dealkylation sites (tertiary alicyclic amines) is 2. The van der Waals surface area contributed by atoms with E-state index in [0.29, 0.717) is 44.8 Å². The van der Waals surface area contributed by atoms with Gasteiger partial charge in [-0.05, 0) is 49.8 Å². The Kier molecular flexibility index (Phi) is 7.70. The molecule has 7 heteroatoms. The Hall–Kier alpha value is -3.09. The maximum atomic E-state index is 13.6. The summed E-state index contributed by atoms with van der Waals surface area (Å²) < 4.78 is 10.3. The first-order valence-electron chi connectivity index (χ1n) is 12.4. The molecule has 3 heterocycles. The maximum absolute atomic E-state index is 13.6.